The van der Waals surface area contributed by atoms with E-state index in [0.717, 1.165) is 31.6 Å². The molecule has 0 bridgehead atoms. The number of hydrogen-bond donors (Lipinski definition) is 3. The molecule has 5 N–H and O–H groups in total. The van der Waals surface area contributed by atoms with Crippen LogP contribution in [0.3, 0.4) is 0 Å². The van der Waals surface area contributed by atoms with Crippen LogP contribution in [-0.4, -0.2) is 34.6 Å². The third-order valence-corrected chi connectivity index (χ3v) is 4.77. The maximum absolute atomic E-state index is 12.2. The Balaban J connectivity index is 1.66. The number of hydrogen-bond acceptors (Lipinski definition) is 7. The number of rotatable bonds is 3. The molecule has 0 atom stereocenters. The van der Waals surface area contributed by atoms with Gasteiger partial charge < -0.3 is 21.1 Å². The van der Waals surface area contributed by atoms with Crippen molar-refractivity contribution in [2.75, 3.05) is 29.5 Å². The highest BCUT2D eigenvalue weighted by Crippen LogP contribution is 2.31. The molecule has 0 saturated carbocycles. The van der Waals surface area contributed by atoms with Crippen LogP contribution in [0.4, 0.5) is 17.5 Å². The highest BCUT2D eigenvalue weighted by atomic mass is 16.6. The van der Waals surface area contributed by atoms with Crippen LogP contribution >= 0.6 is 0 Å². The molecule has 0 radical (unpaired) electrons. The van der Waals surface area contributed by atoms with Gasteiger partial charge in [-0.25, -0.2) is 4.79 Å². The summed E-state index contributed by atoms with van der Waals surface area (Å²) in [6.07, 6.45) is 1.57. The highest BCUT2D eigenvalue weighted by Gasteiger charge is 2.26. The molecule has 1 aliphatic rings. The summed E-state index contributed by atoms with van der Waals surface area (Å²) in [4.78, 5) is 33.1. The minimum Gasteiger partial charge on any atom is -0.456 e. The summed E-state index contributed by atoms with van der Waals surface area (Å²) in [6.45, 7) is 7.09. The van der Waals surface area contributed by atoms with Crippen molar-refractivity contribution in [1.82, 2.24) is 9.97 Å². The van der Waals surface area contributed by atoms with Crippen molar-refractivity contribution in [3.05, 3.63) is 45.7 Å². The maximum Gasteiger partial charge on any atom is 0.338 e. The summed E-state index contributed by atoms with van der Waals surface area (Å²) in [5.41, 5.74) is 12.8. The SMILES string of the molecule is CC(C)(C)OC(=O)c1ccc(N2CCC(c3c(N)nc(N)[nH]c3=O)CC2)cc1. The number of aromatic nitrogens is 2. The number of nitrogen functional groups attached to an aromatic ring is 2. The predicted molar refractivity (Wildman–Crippen MR) is 109 cm³/mol. The summed E-state index contributed by atoms with van der Waals surface area (Å²) in [6, 6.07) is 7.40. The Morgan fingerprint density at radius 2 is 1.79 bits per heavy atom. The van der Waals surface area contributed by atoms with E-state index in [1.807, 2.05) is 32.9 Å². The monoisotopic (exact) mass is 385 g/mol. The van der Waals surface area contributed by atoms with Crippen molar-refractivity contribution in [1.29, 1.82) is 0 Å². The number of H-pyrrole nitrogens is 1. The second-order valence-electron chi connectivity index (χ2n) is 8.06. The fourth-order valence-corrected chi connectivity index (χ4v) is 3.48. The number of nitrogens with two attached hydrogens (primary N) is 2. The fraction of sp³-hybridized carbons (Fsp3) is 0.450. The van der Waals surface area contributed by atoms with Crippen molar-refractivity contribution in [2.24, 2.45) is 0 Å². The highest BCUT2D eigenvalue weighted by molar-refractivity contribution is 5.90. The maximum atomic E-state index is 12.2. The predicted octanol–water partition coefficient (Wildman–Crippen LogP) is 2.27. The van der Waals surface area contributed by atoms with Gasteiger partial charge in [-0.15, -0.1) is 0 Å². The van der Waals surface area contributed by atoms with E-state index >= 15 is 0 Å². The first-order valence-electron chi connectivity index (χ1n) is 9.37. The van der Waals surface area contributed by atoms with Crippen LogP contribution in [0.15, 0.2) is 29.1 Å². The van der Waals surface area contributed by atoms with Crippen molar-refractivity contribution >= 4 is 23.4 Å². The molecule has 1 aromatic heterocycles. The van der Waals surface area contributed by atoms with Crippen LogP contribution < -0.4 is 21.9 Å². The lowest BCUT2D eigenvalue weighted by Crippen LogP contribution is -2.35. The van der Waals surface area contributed by atoms with Gasteiger partial charge in [-0.05, 0) is 63.8 Å². The van der Waals surface area contributed by atoms with Gasteiger partial charge >= 0.3 is 5.97 Å². The van der Waals surface area contributed by atoms with E-state index in [0.29, 0.717) is 11.1 Å². The molecule has 28 heavy (non-hydrogen) atoms. The van der Waals surface area contributed by atoms with Crippen LogP contribution in [0, 0.1) is 0 Å². The summed E-state index contributed by atoms with van der Waals surface area (Å²) < 4.78 is 5.39. The van der Waals surface area contributed by atoms with Crippen LogP contribution in [0.2, 0.25) is 0 Å². The van der Waals surface area contributed by atoms with Crippen molar-refractivity contribution in [2.45, 2.75) is 45.1 Å². The van der Waals surface area contributed by atoms with Crippen LogP contribution in [0.25, 0.3) is 0 Å². The molecule has 8 nitrogen and oxygen atoms in total. The van der Waals surface area contributed by atoms with E-state index in [9.17, 15) is 9.59 Å². The molecule has 8 heteroatoms. The Kier molecular flexibility index (Phi) is 5.31. The second kappa shape index (κ2) is 7.53. The number of anilines is 3. The molecule has 0 unspecified atom stereocenters. The van der Waals surface area contributed by atoms with E-state index in [1.54, 1.807) is 12.1 Å². The molecule has 150 valence electrons. The van der Waals surface area contributed by atoms with Crippen LogP contribution in [-0.2, 0) is 4.74 Å². The van der Waals surface area contributed by atoms with Gasteiger partial charge in [-0.2, -0.15) is 4.98 Å². The molecule has 0 amide bonds. The quantitative estimate of drug-likeness (QED) is 0.692. The van der Waals surface area contributed by atoms with E-state index in [2.05, 4.69) is 14.9 Å². The largest absolute Gasteiger partial charge is 0.456 e. The summed E-state index contributed by atoms with van der Waals surface area (Å²) in [7, 11) is 0. The molecule has 1 fully saturated rings. The van der Waals surface area contributed by atoms with Gasteiger partial charge in [0.15, 0.2) is 0 Å². The summed E-state index contributed by atoms with van der Waals surface area (Å²) >= 11 is 0. The zero-order valence-corrected chi connectivity index (χ0v) is 16.5. The lowest BCUT2D eigenvalue weighted by Gasteiger charge is -2.33. The number of piperidine rings is 1. The molecule has 3 rings (SSSR count). The number of nitrogens with zero attached hydrogens (tertiary/aromatic N) is 2. The van der Waals surface area contributed by atoms with E-state index in [-0.39, 0.29) is 29.2 Å². The average molecular weight is 385 g/mol. The number of carbonyl (C=O) groups is 1. The molecule has 0 spiro atoms. The number of aromatic amines is 1. The average Bonchev–Trinajstić information content (AvgIpc) is 2.60. The normalized spacial score (nSPS) is 15.5. The van der Waals surface area contributed by atoms with Gasteiger partial charge in [0.05, 0.1) is 11.1 Å². The Morgan fingerprint density at radius 3 is 2.32 bits per heavy atom. The van der Waals surface area contributed by atoms with Crippen molar-refractivity contribution < 1.29 is 9.53 Å². The Labute approximate surface area is 163 Å². The molecule has 1 aromatic carbocycles. The van der Waals surface area contributed by atoms with Crippen molar-refractivity contribution in [3.8, 4) is 0 Å². The number of esters is 1. The standard InChI is InChI=1S/C20H27N5O3/c1-20(2,3)28-18(27)13-4-6-14(7-5-13)25-10-8-12(9-11-25)15-16(21)23-19(22)24-17(15)26/h4-7,12H,8-11H2,1-3H3,(H5,21,22,23,24,26). The van der Waals surface area contributed by atoms with Crippen molar-refractivity contribution in [3.63, 3.8) is 0 Å². The number of benzene rings is 1. The van der Waals surface area contributed by atoms with Gasteiger partial charge in [-0.3, -0.25) is 9.78 Å². The smallest absolute Gasteiger partial charge is 0.338 e. The topological polar surface area (TPSA) is 127 Å². The molecule has 1 aliphatic heterocycles. The molecule has 0 aliphatic carbocycles. The van der Waals surface area contributed by atoms with Crippen LogP contribution in [0.5, 0.6) is 0 Å². The van der Waals surface area contributed by atoms with Gasteiger partial charge in [0, 0.05) is 18.8 Å². The first-order chi connectivity index (χ1) is 13.1. The minimum atomic E-state index is -0.520. The van der Waals surface area contributed by atoms with E-state index in [1.165, 1.54) is 0 Å². The Bertz CT molecular complexity index is 907. The van der Waals surface area contributed by atoms with Gasteiger partial charge in [0.1, 0.15) is 11.4 Å². The molecular weight excluding hydrogens is 358 g/mol. The second-order valence-corrected chi connectivity index (χ2v) is 8.06. The van der Waals surface area contributed by atoms with Gasteiger partial charge in [-0.1, -0.05) is 0 Å². The lowest BCUT2D eigenvalue weighted by atomic mass is 9.90. The number of nitrogens with one attached hydrogen (secondary N) is 1. The first kappa shape index (κ1) is 19.7. The fourth-order valence-electron chi connectivity index (χ4n) is 3.48. The Morgan fingerprint density at radius 1 is 1.18 bits per heavy atom. The first-order valence-corrected chi connectivity index (χ1v) is 9.37. The number of carbonyl (C=O) groups excluding carboxylic acids is 1. The Hall–Kier alpha value is -3.03. The molecule has 2 heterocycles. The zero-order chi connectivity index (χ0) is 20.5. The van der Waals surface area contributed by atoms with Gasteiger partial charge in [0.2, 0.25) is 5.95 Å². The summed E-state index contributed by atoms with van der Waals surface area (Å²) in [5, 5.41) is 0. The minimum absolute atomic E-state index is 0.0359. The lowest BCUT2D eigenvalue weighted by molar-refractivity contribution is 0.00695. The zero-order valence-electron chi connectivity index (χ0n) is 16.5. The molecule has 2 aromatic rings. The summed E-state index contributed by atoms with van der Waals surface area (Å²) in [5.74, 6) is -0.0346. The third kappa shape index (κ3) is 4.44. The van der Waals surface area contributed by atoms with E-state index < -0.39 is 5.60 Å². The molecular formula is C20H27N5O3. The number of ether oxygens (including phenoxy) is 1. The van der Waals surface area contributed by atoms with Crippen LogP contribution in [0.1, 0.15) is 55.5 Å². The molecule has 1 saturated heterocycles. The third-order valence-electron chi connectivity index (χ3n) is 4.77. The van der Waals surface area contributed by atoms with Gasteiger partial charge in [0.25, 0.3) is 5.56 Å². The van der Waals surface area contributed by atoms with E-state index in [4.69, 9.17) is 16.2 Å².